The minimum atomic E-state index is 0.298. The van der Waals surface area contributed by atoms with Crippen molar-refractivity contribution in [1.82, 2.24) is 29.8 Å². The molecular weight excluding hydrogens is 354 g/mol. The summed E-state index contributed by atoms with van der Waals surface area (Å²) in [7, 11) is 1.73. The summed E-state index contributed by atoms with van der Waals surface area (Å²) in [6.07, 6.45) is 6.23. The quantitative estimate of drug-likeness (QED) is 0.697. The summed E-state index contributed by atoms with van der Waals surface area (Å²) < 4.78 is 7.45. The minimum absolute atomic E-state index is 0.298. The standard InChI is InChI=1S/C20H27N7O/c1-14(2)27-13-24-18-10-23-16(9-19(18)27)8-15-4-5-22-20(25-15)26-7-6-21-17(11-26)12-28-3/h4-5,9-10,13-14,17,21H,6-8,11-12H2,1-3H3. The van der Waals surface area contributed by atoms with E-state index in [0.717, 1.165) is 48.0 Å². The molecule has 0 aromatic carbocycles. The molecule has 8 nitrogen and oxygen atoms in total. The van der Waals surface area contributed by atoms with Crippen molar-refractivity contribution in [3.63, 3.8) is 0 Å². The highest BCUT2D eigenvalue weighted by atomic mass is 16.5. The number of fused-ring (bicyclic) bond motifs is 1. The number of hydrogen-bond donors (Lipinski definition) is 1. The Hall–Kier alpha value is -2.58. The molecule has 0 radical (unpaired) electrons. The fourth-order valence-electron chi connectivity index (χ4n) is 3.62. The highest BCUT2D eigenvalue weighted by Gasteiger charge is 2.21. The Morgan fingerprint density at radius 1 is 1.25 bits per heavy atom. The van der Waals surface area contributed by atoms with Gasteiger partial charge in [-0.15, -0.1) is 0 Å². The van der Waals surface area contributed by atoms with E-state index in [-0.39, 0.29) is 0 Å². The summed E-state index contributed by atoms with van der Waals surface area (Å²) >= 11 is 0. The molecular formula is C20H27N7O. The van der Waals surface area contributed by atoms with Gasteiger partial charge in [-0.2, -0.15) is 0 Å². The van der Waals surface area contributed by atoms with Crippen LogP contribution in [0.4, 0.5) is 5.95 Å². The molecule has 1 atom stereocenters. The summed E-state index contributed by atoms with van der Waals surface area (Å²) in [6, 6.07) is 4.73. The van der Waals surface area contributed by atoms with E-state index in [1.165, 1.54) is 0 Å². The Balaban J connectivity index is 1.53. The van der Waals surface area contributed by atoms with E-state index in [4.69, 9.17) is 9.72 Å². The zero-order valence-corrected chi connectivity index (χ0v) is 16.7. The van der Waals surface area contributed by atoms with Gasteiger partial charge in [-0.1, -0.05) is 0 Å². The largest absolute Gasteiger partial charge is 0.383 e. The zero-order valence-electron chi connectivity index (χ0n) is 16.7. The van der Waals surface area contributed by atoms with Crippen LogP contribution in [0.5, 0.6) is 0 Å². The van der Waals surface area contributed by atoms with Gasteiger partial charge >= 0.3 is 0 Å². The van der Waals surface area contributed by atoms with Crippen LogP contribution in [0.15, 0.2) is 30.9 Å². The SMILES string of the molecule is COCC1CN(c2nccc(Cc3cc4c(cn3)ncn4C(C)C)n2)CCN1. The Bertz CT molecular complexity index is 937. The molecule has 148 valence electrons. The Labute approximate surface area is 165 Å². The van der Waals surface area contributed by atoms with E-state index in [0.29, 0.717) is 25.1 Å². The van der Waals surface area contributed by atoms with E-state index >= 15 is 0 Å². The van der Waals surface area contributed by atoms with E-state index in [2.05, 4.69) is 49.6 Å². The third-order valence-electron chi connectivity index (χ3n) is 5.04. The molecule has 1 saturated heterocycles. The van der Waals surface area contributed by atoms with Crippen molar-refractivity contribution in [1.29, 1.82) is 0 Å². The smallest absolute Gasteiger partial charge is 0.225 e. The molecule has 4 rings (SSSR count). The third kappa shape index (κ3) is 3.98. The van der Waals surface area contributed by atoms with Gasteiger partial charge in [0.1, 0.15) is 5.52 Å². The number of methoxy groups -OCH3 is 1. The average Bonchev–Trinajstić information content (AvgIpc) is 3.12. The van der Waals surface area contributed by atoms with Crippen LogP contribution in [-0.2, 0) is 11.2 Å². The average molecular weight is 381 g/mol. The second-order valence-electron chi connectivity index (χ2n) is 7.49. The molecule has 0 spiro atoms. The fraction of sp³-hybridized carbons (Fsp3) is 0.500. The first-order valence-corrected chi connectivity index (χ1v) is 9.74. The van der Waals surface area contributed by atoms with Gasteiger partial charge in [-0.3, -0.25) is 4.98 Å². The Morgan fingerprint density at radius 2 is 2.14 bits per heavy atom. The summed E-state index contributed by atoms with van der Waals surface area (Å²) in [5.74, 6) is 0.772. The second-order valence-corrected chi connectivity index (χ2v) is 7.49. The number of ether oxygens (including phenoxy) is 1. The van der Waals surface area contributed by atoms with Gasteiger partial charge in [-0.25, -0.2) is 15.0 Å². The maximum Gasteiger partial charge on any atom is 0.225 e. The van der Waals surface area contributed by atoms with Crippen molar-refractivity contribution >= 4 is 17.0 Å². The van der Waals surface area contributed by atoms with Crippen LogP contribution in [0.3, 0.4) is 0 Å². The van der Waals surface area contributed by atoms with Crippen LogP contribution in [0, 0.1) is 0 Å². The molecule has 3 aromatic rings. The van der Waals surface area contributed by atoms with Crippen LogP contribution in [0.2, 0.25) is 0 Å². The van der Waals surface area contributed by atoms with Gasteiger partial charge in [0.15, 0.2) is 0 Å². The summed E-state index contributed by atoms with van der Waals surface area (Å²) in [5.41, 5.74) is 3.98. The lowest BCUT2D eigenvalue weighted by Crippen LogP contribution is -2.53. The van der Waals surface area contributed by atoms with Crippen molar-refractivity contribution < 1.29 is 4.74 Å². The molecule has 28 heavy (non-hydrogen) atoms. The van der Waals surface area contributed by atoms with Crippen LogP contribution < -0.4 is 10.2 Å². The number of hydrogen-bond acceptors (Lipinski definition) is 7. The lowest BCUT2D eigenvalue weighted by molar-refractivity contribution is 0.163. The Kier molecular flexibility index (Phi) is 5.50. The lowest BCUT2D eigenvalue weighted by atomic mass is 10.2. The zero-order chi connectivity index (χ0) is 19.5. The first-order valence-electron chi connectivity index (χ1n) is 9.74. The van der Waals surface area contributed by atoms with E-state index in [9.17, 15) is 0 Å². The van der Waals surface area contributed by atoms with Crippen LogP contribution in [0.25, 0.3) is 11.0 Å². The fourth-order valence-corrected chi connectivity index (χ4v) is 3.62. The van der Waals surface area contributed by atoms with Crippen molar-refractivity contribution in [2.24, 2.45) is 0 Å². The Morgan fingerprint density at radius 3 is 2.96 bits per heavy atom. The maximum absolute atomic E-state index is 5.28. The van der Waals surface area contributed by atoms with Crippen molar-refractivity contribution in [3.8, 4) is 0 Å². The van der Waals surface area contributed by atoms with Gasteiger partial charge < -0.3 is 19.5 Å². The predicted octanol–water partition coefficient (Wildman–Crippen LogP) is 1.82. The monoisotopic (exact) mass is 381 g/mol. The van der Waals surface area contributed by atoms with Crippen LogP contribution in [0.1, 0.15) is 31.3 Å². The van der Waals surface area contributed by atoms with Gasteiger partial charge in [0.05, 0.1) is 30.3 Å². The van der Waals surface area contributed by atoms with Crippen molar-refractivity contribution in [3.05, 3.63) is 42.2 Å². The predicted molar refractivity (Wildman–Crippen MR) is 109 cm³/mol. The molecule has 0 amide bonds. The molecule has 1 N–H and O–H groups in total. The van der Waals surface area contributed by atoms with E-state index in [1.807, 2.05) is 24.8 Å². The highest BCUT2D eigenvalue weighted by molar-refractivity contribution is 5.74. The number of nitrogens with one attached hydrogen (secondary N) is 1. The van der Waals surface area contributed by atoms with Gasteiger partial charge in [0, 0.05) is 57.1 Å². The molecule has 8 heteroatoms. The highest BCUT2D eigenvalue weighted by Crippen LogP contribution is 2.19. The number of rotatable bonds is 6. The molecule has 1 aliphatic rings. The van der Waals surface area contributed by atoms with Gasteiger partial charge in [0.25, 0.3) is 0 Å². The number of nitrogens with zero attached hydrogens (tertiary/aromatic N) is 6. The molecule has 0 bridgehead atoms. The number of aromatic nitrogens is 5. The first kappa shape index (κ1) is 18.8. The number of piperazine rings is 1. The summed E-state index contributed by atoms with van der Waals surface area (Å²) in [4.78, 5) is 20.5. The number of imidazole rings is 1. The van der Waals surface area contributed by atoms with Gasteiger partial charge in [-0.05, 0) is 26.0 Å². The maximum atomic E-state index is 5.28. The van der Waals surface area contributed by atoms with Crippen LogP contribution >= 0.6 is 0 Å². The normalized spacial score (nSPS) is 17.6. The lowest BCUT2D eigenvalue weighted by Gasteiger charge is -2.33. The minimum Gasteiger partial charge on any atom is -0.383 e. The first-order chi connectivity index (χ1) is 13.6. The second kappa shape index (κ2) is 8.20. The van der Waals surface area contributed by atoms with Crippen molar-refractivity contribution in [2.45, 2.75) is 32.4 Å². The molecule has 0 saturated carbocycles. The molecule has 1 fully saturated rings. The molecule has 1 aliphatic heterocycles. The molecule has 0 aliphatic carbocycles. The molecule has 1 unspecified atom stereocenters. The van der Waals surface area contributed by atoms with E-state index < -0.39 is 0 Å². The number of pyridine rings is 1. The van der Waals surface area contributed by atoms with Gasteiger partial charge in [0.2, 0.25) is 5.95 Å². The topological polar surface area (TPSA) is 81.0 Å². The number of anilines is 1. The molecule has 3 aromatic heterocycles. The molecule has 4 heterocycles. The summed E-state index contributed by atoms with van der Waals surface area (Å²) in [6.45, 7) is 7.63. The van der Waals surface area contributed by atoms with Crippen molar-refractivity contribution in [2.75, 3.05) is 38.3 Å². The third-order valence-corrected chi connectivity index (χ3v) is 5.04. The van der Waals surface area contributed by atoms with Crippen LogP contribution in [-0.4, -0.2) is 63.9 Å². The summed E-state index contributed by atoms with van der Waals surface area (Å²) in [5, 5.41) is 3.46. The van der Waals surface area contributed by atoms with E-state index in [1.54, 1.807) is 7.11 Å².